The fourth-order valence-corrected chi connectivity index (χ4v) is 2.53. The minimum absolute atomic E-state index is 0.0339. The van der Waals surface area contributed by atoms with Gasteiger partial charge in [0.15, 0.2) is 5.78 Å². The molecule has 1 amide bonds. The van der Waals surface area contributed by atoms with Crippen molar-refractivity contribution in [1.29, 1.82) is 0 Å². The summed E-state index contributed by atoms with van der Waals surface area (Å²) in [4.78, 5) is 34.3. The summed E-state index contributed by atoms with van der Waals surface area (Å²) in [6.45, 7) is 5.18. The molecule has 0 aliphatic carbocycles. The van der Waals surface area contributed by atoms with Gasteiger partial charge in [-0.05, 0) is 29.7 Å². The van der Waals surface area contributed by atoms with Gasteiger partial charge in [-0.25, -0.2) is 0 Å². The fourth-order valence-electron chi connectivity index (χ4n) is 2.53. The number of nitro benzene ring substituents is 1. The first-order valence-electron chi connectivity index (χ1n) is 8.16. The minimum atomic E-state index is -0.411. The molecule has 1 N–H and O–H groups in total. The van der Waals surface area contributed by atoms with Gasteiger partial charge in [-0.1, -0.05) is 44.2 Å². The summed E-state index contributed by atoms with van der Waals surface area (Å²) in [5.74, 6) is -0.443. The lowest BCUT2D eigenvalue weighted by Gasteiger charge is -2.07. The quantitative estimate of drug-likeness (QED) is 0.357. The van der Waals surface area contributed by atoms with Crippen molar-refractivity contribution in [1.82, 2.24) is 0 Å². The fraction of sp³-hybridized carbons (Fsp3) is 0.200. The van der Waals surface area contributed by atoms with Crippen LogP contribution in [0, 0.1) is 10.1 Å². The van der Waals surface area contributed by atoms with Crippen molar-refractivity contribution in [2.24, 2.45) is 0 Å². The molecule has 2 aromatic rings. The number of ketones is 1. The van der Waals surface area contributed by atoms with Crippen LogP contribution in [0.1, 0.15) is 48.2 Å². The molecule has 0 unspecified atom stereocenters. The zero-order valence-corrected chi connectivity index (χ0v) is 14.9. The van der Waals surface area contributed by atoms with Gasteiger partial charge in [0.2, 0.25) is 5.91 Å². The second kappa shape index (κ2) is 8.20. The van der Waals surface area contributed by atoms with Crippen molar-refractivity contribution >= 4 is 29.1 Å². The number of nitrogens with one attached hydrogen (secondary N) is 1. The van der Waals surface area contributed by atoms with E-state index < -0.39 is 4.92 Å². The smallest absolute Gasteiger partial charge is 0.273 e. The van der Waals surface area contributed by atoms with Crippen LogP contribution in [-0.4, -0.2) is 16.6 Å². The van der Waals surface area contributed by atoms with Crippen LogP contribution >= 0.6 is 0 Å². The Balaban J connectivity index is 2.24. The van der Waals surface area contributed by atoms with E-state index in [0.29, 0.717) is 22.4 Å². The Bertz CT molecular complexity index is 885. The predicted octanol–water partition coefficient (Wildman–Crippen LogP) is 4.57. The number of hydrogen-bond acceptors (Lipinski definition) is 4. The van der Waals surface area contributed by atoms with E-state index in [1.807, 2.05) is 13.8 Å². The van der Waals surface area contributed by atoms with Crippen LogP contribution in [0.2, 0.25) is 0 Å². The van der Waals surface area contributed by atoms with Gasteiger partial charge < -0.3 is 5.32 Å². The SMILES string of the molecule is CC(=O)Nc1cccc(C(=O)/C=C/c2ccc(C(C)C)c([N+](=O)[O-])c2)c1. The normalized spacial score (nSPS) is 10.9. The van der Waals surface area contributed by atoms with Crippen molar-refractivity contribution in [3.05, 3.63) is 75.3 Å². The molecule has 0 radical (unpaired) electrons. The molecule has 0 fully saturated rings. The lowest BCUT2D eigenvalue weighted by Crippen LogP contribution is -2.06. The summed E-state index contributed by atoms with van der Waals surface area (Å²) >= 11 is 0. The van der Waals surface area contributed by atoms with E-state index in [-0.39, 0.29) is 23.3 Å². The van der Waals surface area contributed by atoms with E-state index in [4.69, 9.17) is 0 Å². The third-order valence-corrected chi connectivity index (χ3v) is 3.77. The molecule has 0 atom stereocenters. The summed E-state index contributed by atoms with van der Waals surface area (Å²) in [6.07, 6.45) is 2.91. The van der Waals surface area contributed by atoms with Crippen LogP contribution in [0.15, 0.2) is 48.5 Å². The first-order chi connectivity index (χ1) is 12.3. The average Bonchev–Trinajstić information content (AvgIpc) is 2.58. The third kappa shape index (κ3) is 4.86. The van der Waals surface area contributed by atoms with Gasteiger partial charge >= 0.3 is 0 Å². The van der Waals surface area contributed by atoms with E-state index >= 15 is 0 Å². The monoisotopic (exact) mass is 352 g/mol. The number of benzene rings is 2. The molecule has 2 rings (SSSR count). The van der Waals surface area contributed by atoms with Gasteiger partial charge in [0.1, 0.15) is 0 Å². The van der Waals surface area contributed by atoms with Crippen LogP contribution in [0.4, 0.5) is 11.4 Å². The van der Waals surface area contributed by atoms with Gasteiger partial charge in [-0.15, -0.1) is 0 Å². The molecule has 0 saturated heterocycles. The lowest BCUT2D eigenvalue weighted by atomic mass is 9.99. The molecular formula is C20H20N2O4. The zero-order chi connectivity index (χ0) is 19.3. The second-order valence-corrected chi connectivity index (χ2v) is 6.19. The van der Waals surface area contributed by atoms with E-state index in [0.717, 1.165) is 0 Å². The molecule has 0 heterocycles. The summed E-state index contributed by atoms with van der Waals surface area (Å²) in [5.41, 5.74) is 2.23. The number of carbonyl (C=O) groups excluding carboxylic acids is 2. The van der Waals surface area contributed by atoms with Gasteiger partial charge in [0.05, 0.1) is 4.92 Å². The van der Waals surface area contributed by atoms with Crippen LogP contribution < -0.4 is 5.32 Å². The number of allylic oxidation sites excluding steroid dienone is 1. The van der Waals surface area contributed by atoms with Crippen LogP contribution in [-0.2, 0) is 4.79 Å². The van der Waals surface area contributed by atoms with Gasteiger partial charge in [0.25, 0.3) is 5.69 Å². The number of nitro groups is 1. The Morgan fingerprint density at radius 1 is 1.15 bits per heavy atom. The molecule has 0 aliphatic rings. The minimum Gasteiger partial charge on any atom is -0.326 e. The predicted molar refractivity (Wildman–Crippen MR) is 101 cm³/mol. The molecule has 26 heavy (non-hydrogen) atoms. The molecule has 2 aromatic carbocycles. The molecule has 0 spiro atoms. The van der Waals surface area contributed by atoms with Gasteiger partial charge in [-0.2, -0.15) is 0 Å². The van der Waals surface area contributed by atoms with Crippen molar-refractivity contribution in [3.63, 3.8) is 0 Å². The van der Waals surface area contributed by atoms with Gasteiger partial charge in [0, 0.05) is 29.8 Å². The highest BCUT2D eigenvalue weighted by molar-refractivity contribution is 6.07. The Hall–Kier alpha value is -3.28. The summed E-state index contributed by atoms with van der Waals surface area (Å²) in [5, 5.41) is 13.9. The number of anilines is 1. The van der Waals surface area contributed by atoms with E-state index in [1.165, 1.54) is 19.1 Å². The van der Waals surface area contributed by atoms with Gasteiger partial charge in [-0.3, -0.25) is 19.7 Å². The number of hydrogen-bond donors (Lipinski definition) is 1. The van der Waals surface area contributed by atoms with Crippen molar-refractivity contribution in [2.45, 2.75) is 26.7 Å². The first kappa shape index (κ1) is 19.1. The summed E-state index contributed by atoms with van der Waals surface area (Å²) in [7, 11) is 0. The van der Waals surface area contributed by atoms with Crippen LogP contribution in [0.25, 0.3) is 6.08 Å². The van der Waals surface area contributed by atoms with Crippen LogP contribution in [0.5, 0.6) is 0 Å². The Labute approximate surface area is 151 Å². The molecule has 6 heteroatoms. The number of rotatable bonds is 6. The second-order valence-electron chi connectivity index (χ2n) is 6.19. The first-order valence-corrected chi connectivity index (χ1v) is 8.16. The van der Waals surface area contributed by atoms with E-state index in [1.54, 1.807) is 42.5 Å². The Morgan fingerprint density at radius 3 is 2.50 bits per heavy atom. The van der Waals surface area contributed by atoms with E-state index in [2.05, 4.69) is 5.32 Å². The maximum Gasteiger partial charge on any atom is 0.273 e. The summed E-state index contributed by atoms with van der Waals surface area (Å²) in [6, 6.07) is 11.5. The van der Waals surface area contributed by atoms with Crippen LogP contribution in [0.3, 0.4) is 0 Å². The highest BCUT2D eigenvalue weighted by atomic mass is 16.6. The van der Waals surface area contributed by atoms with Crippen molar-refractivity contribution < 1.29 is 14.5 Å². The molecular weight excluding hydrogens is 332 g/mol. The third-order valence-electron chi connectivity index (χ3n) is 3.77. The molecule has 0 aliphatic heterocycles. The molecule has 134 valence electrons. The molecule has 0 saturated carbocycles. The number of carbonyl (C=O) groups is 2. The molecule has 6 nitrogen and oxygen atoms in total. The lowest BCUT2D eigenvalue weighted by molar-refractivity contribution is -0.385. The highest BCUT2D eigenvalue weighted by Crippen LogP contribution is 2.27. The zero-order valence-electron chi connectivity index (χ0n) is 14.9. The van der Waals surface area contributed by atoms with E-state index in [9.17, 15) is 19.7 Å². The maximum absolute atomic E-state index is 12.3. The number of nitrogens with zero attached hydrogens (tertiary/aromatic N) is 1. The number of amides is 1. The standard InChI is InChI=1S/C20H20N2O4/c1-13(2)18-9-7-15(11-19(18)22(25)26)8-10-20(24)16-5-4-6-17(12-16)21-14(3)23/h4-13H,1-3H3,(H,21,23)/b10-8+. The maximum atomic E-state index is 12.3. The summed E-state index contributed by atoms with van der Waals surface area (Å²) < 4.78 is 0. The highest BCUT2D eigenvalue weighted by Gasteiger charge is 2.16. The molecule has 0 aromatic heterocycles. The van der Waals surface area contributed by atoms with Crippen molar-refractivity contribution in [3.8, 4) is 0 Å². The Kier molecular flexibility index (Phi) is 6.01. The topological polar surface area (TPSA) is 89.3 Å². The Morgan fingerprint density at radius 2 is 1.88 bits per heavy atom. The molecule has 0 bridgehead atoms. The van der Waals surface area contributed by atoms with Crippen molar-refractivity contribution in [2.75, 3.05) is 5.32 Å². The largest absolute Gasteiger partial charge is 0.326 e. The average molecular weight is 352 g/mol.